The number of rotatable bonds is 9. The van der Waals surface area contributed by atoms with Crippen molar-refractivity contribution in [2.45, 2.75) is 19.9 Å². The van der Waals surface area contributed by atoms with Crippen molar-refractivity contribution in [2.75, 3.05) is 26.1 Å². The van der Waals surface area contributed by atoms with Gasteiger partial charge >= 0.3 is 0 Å². The Balaban J connectivity index is 1.61. The molecule has 4 aromatic rings. The predicted octanol–water partition coefficient (Wildman–Crippen LogP) is 5.73. The second-order valence-corrected chi connectivity index (χ2v) is 8.34. The third-order valence-electron chi connectivity index (χ3n) is 5.51. The van der Waals surface area contributed by atoms with Gasteiger partial charge in [0.15, 0.2) is 11.5 Å². The van der Waals surface area contributed by atoms with E-state index in [0.29, 0.717) is 23.2 Å². The zero-order valence-corrected chi connectivity index (χ0v) is 19.5. The molecule has 0 amide bonds. The number of aromatic nitrogens is 2. The van der Waals surface area contributed by atoms with E-state index in [1.807, 2.05) is 18.2 Å². The zero-order chi connectivity index (χ0) is 23.2. The number of benzene rings is 3. The first-order chi connectivity index (χ1) is 16.1. The molecule has 170 valence electrons. The second-order valence-electron chi connectivity index (χ2n) is 8.34. The lowest BCUT2D eigenvalue weighted by Crippen LogP contribution is -2.26. The van der Waals surface area contributed by atoms with Crippen LogP contribution in [0.3, 0.4) is 0 Å². The highest BCUT2D eigenvalue weighted by molar-refractivity contribution is 5.93. The first-order valence-corrected chi connectivity index (χ1v) is 11.1. The van der Waals surface area contributed by atoms with Crippen LogP contribution in [0.2, 0.25) is 0 Å². The van der Waals surface area contributed by atoms with Gasteiger partial charge < -0.3 is 20.1 Å². The minimum atomic E-state index is 0.138. The molecule has 0 unspecified atom stereocenters. The third-order valence-corrected chi connectivity index (χ3v) is 5.51. The topological polar surface area (TPSA) is 68.3 Å². The van der Waals surface area contributed by atoms with Crippen LogP contribution in [0.1, 0.15) is 31.0 Å². The highest BCUT2D eigenvalue weighted by Gasteiger charge is 2.15. The summed E-state index contributed by atoms with van der Waals surface area (Å²) in [5, 5.41) is 7.99. The van der Waals surface area contributed by atoms with E-state index < -0.39 is 0 Å². The second kappa shape index (κ2) is 10.3. The van der Waals surface area contributed by atoms with E-state index in [2.05, 4.69) is 83.0 Å². The Morgan fingerprint density at radius 3 is 2.15 bits per heavy atom. The number of methoxy groups -OCH3 is 2. The fourth-order valence-electron chi connectivity index (χ4n) is 3.81. The molecule has 0 saturated heterocycles. The summed E-state index contributed by atoms with van der Waals surface area (Å²) < 4.78 is 10.9. The van der Waals surface area contributed by atoms with E-state index in [-0.39, 0.29) is 6.04 Å². The van der Waals surface area contributed by atoms with E-state index in [9.17, 15) is 0 Å². The highest BCUT2D eigenvalue weighted by Crippen LogP contribution is 2.34. The molecule has 2 N–H and O–H groups in total. The normalized spacial score (nSPS) is 12.0. The third kappa shape index (κ3) is 5.23. The van der Waals surface area contributed by atoms with Crippen molar-refractivity contribution in [1.29, 1.82) is 0 Å². The maximum atomic E-state index is 5.46. The molecule has 0 bridgehead atoms. The van der Waals surface area contributed by atoms with Crippen LogP contribution in [0.4, 0.5) is 11.5 Å². The maximum Gasteiger partial charge on any atom is 0.162 e. The van der Waals surface area contributed by atoms with Gasteiger partial charge in [0.05, 0.1) is 25.8 Å². The Bertz CT molecular complexity index is 1190. The molecule has 33 heavy (non-hydrogen) atoms. The van der Waals surface area contributed by atoms with Crippen molar-refractivity contribution in [2.24, 2.45) is 5.92 Å². The van der Waals surface area contributed by atoms with Gasteiger partial charge in [0, 0.05) is 17.1 Å². The number of hydrogen-bond donors (Lipinski definition) is 2. The summed E-state index contributed by atoms with van der Waals surface area (Å²) in [6.07, 6.45) is 1.55. The first kappa shape index (κ1) is 22.6. The molecule has 0 saturated carbocycles. The largest absolute Gasteiger partial charge is 0.493 e. The zero-order valence-electron chi connectivity index (χ0n) is 19.5. The lowest BCUT2D eigenvalue weighted by Gasteiger charge is -2.21. The summed E-state index contributed by atoms with van der Waals surface area (Å²) in [6.45, 7) is 5.38. The monoisotopic (exact) mass is 442 g/mol. The van der Waals surface area contributed by atoms with Gasteiger partial charge in [-0.05, 0) is 41.8 Å². The molecular weight excluding hydrogens is 412 g/mol. The van der Waals surface area contributed by atoms with E-state index in [4.69, 9.17) is 9.47 Å². The van der Waals surface area contributed by atoms with Gasteiger partial charge in [-0.1, -0.05) is 56.3 Å². The van der Waals surface area contributed by atoms with Crippen LogP contribution >= 0.6 is 0 Å². The molecule has 1 aromatic heterocycles. The van der Waals surface area contributed by atoms with Crippen LogP contribution in [0.15, 0.2) is 73.1 Å². The Morgan fingerprint density at radius 1 is 0.818 bits per heavy atom. The maximum absolute atomic E-state index is 5.46. The van der Waals surface area contributed by atoms with Crippen molar-refractivity contribution < 1.29 is 9.47 Å². The predicted molar refractivity (Wildman–Crippen MR) is 133 cm³/mol. The van der Waals surface area contributed by atoms with Crippen LogP contribution in [-0.4, -0.2) is 30.7 Å². The van der Waals surface area contributed by atoms with Gasteiger partial charge in [0.25, 0.3) is 0 Å². The molecule has 1 atom stereocenters. The molecular formula is C27H30N4O2. The van der Waals surface area contributed by atoms with Crippen LogP contribution < -0.4 is 20.1 Å². The molecule has 6 nitrogen and oxygen atoms in total. The van der Waals surface area contributed by atoms with E-state index in [1.165, 1.54) is 11.1 Å². The summed E-state index contributed by atoms with van der Waals surface area (Å²) in [4.78, 5) is 8.83. The van der Waals surface area contributed by atoms with Gasteiger partial charge in [-0.25, -0.2) is 9.97 Å². The summed E-state index contributed by atoms with van der Waals surface area (Å²) >= 11 is 0. The van der Waals surface area contributed by atoms with E-state index in [1.54, 1.807) is 20.5 Å². The Morgan fingerprint density at radius 2 is 1.48 bits per heavy atom. The molecule has 4 rings (SSSR count). The molecule has 0 aliphatic carbocycles. The number of anilines is 2. The van der Waals surface area contributed by atoms with E-state index in [0.717, 1.165) is 23.1 Å². The number of nitrogens with one attached hydrogen (secondary N) is 2. The summed E-state index contributed by atoms with van der Waals surface area (Å²) in [7, 11) is 3.24. The molecule has 0 fully saturated rings. The summed E-state index contributed by atoms with van der Waals surface area (Å²) in [5.41, 5.74) is 4.20. The number of hydrogen-bond acceptors (Lipinski definition) is 6. The molecule has 0 radical (unpaired) electrons. The van der Waals surface area contributed by atoms with Gasteiger partial charge in [0.1, 0.15) is 12.1 Å². The molecule has 0 aliphatic heterocycles. The quantitative estimate of drug-likeness (QED) is 0.345. The van der Waals surface area contributed by atoms with Gasteiger partial charge in [-0.3, -0.25) is 0 Å². The average Bonchev–Trinajstić information content (AvgIpc) is 2.85. The molecule has 3 aromatic carbocycles. The Labute approximate surface area is 195 Å². The van der Waals surface area contributed by atoms with Crippen LogP contribution in [0.5, 0.6) is 11.5 Å². The molecule has 6 heteroatoms. The van der Waals surface area contributed by atoms with E-state index >= 15 is 0 Å². The molecule has 0 spiro atoms. The fourth-order valence-corrected chi connectivity index (χ4v) is 3.81. The average molecular weight is 443 g/mol. The van der Waals surface area contributed by atoms with Crippen molar-refractivity contribution in [3.63, 3.8) is 0 Å². The van der Waals surface area contributed by atoms with Gasteiger partial charge in [-0.2, -0.15) is 0 Å². The van der Waals surface area contributed by atoms with Gasteiger partial charge in [0.2, 0.25) is 0 Å². The Hall–Kier alpha value is -3.64. The van der Waals surface area contributed by atoms with Crippen LogP contribution in [0.25, 0.3) is 10.9 Å². The number of nitrogens with zero attached hydrogens (tertiary/aromatic N) is 2. The van der Waals surface area contributed by atoms with Gasteiger partial charge in [-0.15, -0.1) is 0 Å². The van der Waals surface area contributed by atoms with Crippen molar-refractivity contribution in [3.8, 4) is 11.5 Å². The Kier molecular flexibility index (Phi) is 7.05. The first-order valence-electron chi connectivity index (χ1n) is 11.1. The lowest BCUT2D eigenvalue weighted by atomic mass is 9.98. The molecule has 0 aliphatic rings. The highest BCUT2D eigenvalue weighted by atomic mass is 16.5. The number of ether oxygens (including phenoxy) is 2. The van der Waals surface area contributed by atoms with Crippen molar-refractivity contribution >= 4 is 22.4 Å². The van der Waals surface area contributed by atoms with Crippen LogP contribution in [-0.2, 0) is 0 Å². The minimum absolute atomic E-state index is 0.138. The number of fused-ring (bicyclic) bond motifs is 1. The SMILES string of the molecule is COc1cc2ncnc(Nc3ccc([C@@H](NCC(C)C)c4ccccc4)cc3)c2cc1OC. The van der Waals surface area contributed by atoms with Crippen molar-refractivity contribution in [1.82, 2.24) is 15.3 Å². The molecule has 1 heterocycles. The smallest absolute Gasteiger partial charge is 0.162 e. The standard InChI is InChI=1S/C27H30N4O2/c1-18(2)16-28-26(19-8-6-5-7-9-19)20-10-12-21(13-11-20)31-27-22-14-24(32-3)25(33-4)15-23(22)29-17-30-27/h5-15,17-18,26,28H,16H2,1-4H3,(H,29,30,31)/t26-/m0/s1. The minimum Gasteiger partial charge on any atom is -0.493 e. The van der Waals surface area contributed by atoms with Crippen LogP contribution in [0, 0.1) is 5.92 Å². The van der Waals surface area contributed by atoms with Crippen molar-refractivity contribution in [3.05, 3.63) is 84.2 Å². The lowest BCUT2D eigenvalue weighted by molar-refractivity contribution is 0.356. The summed E-state index contributed by atoms with van der Waals surface area (Å²) in [5.74, 6) is 2.56. The summed E-state index contributed by atoms with van der Waals surface area (Å²) in [6, 6.07) is 22.9. The fraction of sp³-hybridized carbons (Fsp3) is 0.259.